The van der Waals surface area contributed by atoms with Gasteiger partial charge in [0, 0.05) is 23.6 Å². The number of hydrogen-bond acceptors (Lipinski definition) is 3. The molecule has 2 aromatic carbocycles. The fourth-order valence-electron chi connectivity index (χ4n) is 5.13. The lowest BCUT2D eigenvalue weighted by atomic mass is 9.79. The largest absolute Gasteiger partial charge is 0.332 e. The minimum absolute atomic E-state index is 0.0471. The minimum Gasteiger partial charge on any atom is -0.332 e. The molecule has 0 spiro atoms. The number of nitrogens with zero attached hydrogens (tertiary/aromatic N) is 3. The quantitative estimate of drug-likeness (QED) is 0.621. The second-order valence-electron chi connectivity index (χ2n) is 8.30. The van der Waals surface area contributed by atoms with Gasteiger partial charge in [0.15, 0.2) is 11.6 Å². The van der Waals surface area contributed by atoms with E-state index >= 15 is 4.39 Å². The first-order valence-corrected chi connectivity index (χ1v) is 10.5. The van der Waals surface area contributed by atoms with Crippen LogP contribution in [0.4, 0.5) is 13.2 Å². The third-order valence-corrected chi connectivity index (χ3v) is 6.56. The van der Waals surface area contributed by atoms with Crippen LogP contribution < -0.4 is 5.43 Å². The molecule has 32 heavy (non-hydrogen) atoms. The molecular formula is C24H20F3N3O2. The van der Waals surface area contributed by atoms with Gasteiger partial charge < -0.3 is 4.90 Å². The molecule has 164 valence electrons. The Bertz CT molecular complexity index is 1290. The van der Waals surface area contributed by atoms with E-state index in [9.17, 15) is 18.4 Å². The predicted octanol–water partition coefficient (Wildman–Crippen LogP) is 3.96. The highest BCUT2D eigenvalue weighted by Crippen LogP contribution is 2.46. The van der Waals surface area contributed by atoms with Gasteiger partial charge >= 0.3 is 0 Å². The van der Waals surface area contributed by atoms with Crippen LogP contribution in [0.15, 0.2) is 53.5 Å². The number of halogens is 3. The summed E-state index contributed by atoms with van der Waals surface area (Å²) in [6, 6.07) is 8.64. The number of carbonyl (C=O) groups excluding carboxylic acids is 1. The third kappa shape index (κ3) is 3.04. The van der Waals surface area contributed by atoms with E-state index in [1.165, 1.54) is 35.0 Å². The Morgan fingerprint density at radius 2 is 1.88 bits per heavy atom. The second kappa shape index (κ2) is 7.62. The fourth-order valence-corrected chi connectivity index (χ4v) is 5.13. The topological polar surface area (TPSA) is 55.2 Å². The first-order valence-electron chi connectivity index (χ1n) is 10.5. The average molecular weight is 439 g/mol. The highest BCUT2D eigenvalue weighted by Gasteiger charge is 2.48. The molecular weight excluding hydrogens is 419 g/mol. The van der Waals surface area contributed by atoms with Crippen molar-refractivity contribution in [3.8, 4) is 0 Å². The molecule has 2 aliphatic rings. The number of aromatic nitrogens is 2. The van der Waals surface area contributed by atoms with E-state index in [1.807, 2.05) is 0 Å². The first-order chi connectivity index (χ1) is 15.4. The van der Waals surface area contributed by atoms with E-state index in [0.29, 0.717) is 18.5 Å². The van der Waals surface area contributed by atoms with Crippen LogP contribution >= 0.6 is 0 Å². The molecule has 1 fully saturated rings. The summed E-state index contributed by atoms with van der Waals surface area (Å²) in [6.07, 6.45) is 2.49. The Kier molecular flexibility index (Phi) is 4.87. The zero-order chi connectivity index (χ0) is 22.6. The molecule has 0 aliphatic carbocycles. The number of amides is 1. The summed E-state index contributed by atoms with van der Waals surface area (Å²) in [5, 5.41) is 4.27. The van der Waals surface area contributed by atoms with Crippen molar-refractivity contribution < 1.29 is 18.0 Å². The maximum absolute atomic E-state index is 15.1. The molecule has 0 radical (unpaired) electrons. The van der Waals surface area contributed by atoms with Crippen LogP contribution in [0.25, 0.3) is 0 Å². The normalized spacial score (nSPS) is 20.8. The second-order valence-corrected chi connectivity index (χ2v) is 8.30. The number of fused-ring (bicyclic) bond motifs is 2. The van der Waals surface area contributed by atoms with Crippen LogP contribution in [-0.4, -0.2) is 33.2 Å². The lowest BCUT2D eigenvalue weighted by molar-refractivity contribution is 0.0569. The number of rotatable bonds is 3. The van der Waals surface area contributed by atoms with Gasteiger partial charge in [0.25, 0.3) is 5.91 Å². The molecule has 2 aliphatic heterocycles. The van der Waals surface area contributed by atoms with Gasteiger partial charge in [0.05, 0.1) is 18.3 Å². The van der Waals surface area contributed by atoms with E-state index in [2.05, 4.69) is 5.10 Å². The van der Waals surface area contributed by atoms with E-state index < -0.39 is 29.4 Å². The van der Waals surface area contributed by atoms with E-state index in [0.717, 1.165) is 18.7 Å². The average Bonchev–Trinajstić information content (AvgIpc) is 3.26. The van der Waals surface area contributed by atoms with Crippen LogP contribution in [0, 0.1) is 24.4 Å². The Morgan fingerprint density at radius 3 is 2.66 bits per heavy atom. The van der Waals surface area contributed by atoms with Crippen LogP contribution in [0.5, 0.6) is 0 Å². The van der Waals surface area contributed by atoms with Crippen molar-refractivity contribution in [2.24, 2.45) is 0 Å². The van der Waals surface area contributed by atoms with Gasteiger partial charge in [0.2, 0.25) is 5.43 Å². The summed E-state index contributed by atoms with van der Waals surface area (Å²) in [5.74, 6) is -3.69. The zero-order valence-corrected chi connectivity index (χ0v) is 17.3. The van der Waals surface area contributed by atoms with Crippen molar-refractivity contribution in [2.45, 2.75) is 37.8 Å². The highest BCUT2D eigenvalue weighted by atomic mass is 19.2. The Labute approximate surface area is 182 Å². The van der Waals surface area contributed by atoms with Crippen molar-refractivity contribution in [1.29, 1.82) is 0 Å². The maximum atomic E-state index is 15.1. The summed E-state index contributed by atoms with van der Waals surface area (Å²) in [7, 11) is 0. The number of carbonyl (C=O) groups is 1. The van der Waals surface area contributed by atoms with Gasteiger partial charge in [0.1, 0.15) is 11.5 Å². The van der Waals surface area contributed by atoms with Crippen molar-refractivity contribution in [3.05, 3.63) is 98.7 Å². The maximum Gasteiger partial charge on any atom is 0.272 e. The smallest absolute Gasteiger partial charge is 0.272 e. The van der Waals surface area contributed by atoms with Crippen molar-refractivity contribution in [3.63, 3.8) is 0 Å². The molecule has 3 atom stereocenters. The molecule has 0 saturated carbocycles. The van der Waals surface area contributed by atoms with Crippen molar-refractivity contribution in [1.82, 2.24) is 14.7 Å². The molecule has 8 heteroatoms. The molecule has 3 aromatic rings. The fraction of sp³-hybridized carbons (Fsp3) is 0.292. The number of benzene rings is 2. The molecule has 1 aromatic heterocycles. The summed E-state index contributed by atoms with van der Waals surface area (Å²) in [4.78, 5) is 27.2. The lowest BCUT2D eigenvalue weighted by Gasteiger charge is -2.43. The SMILES string of the molecule is Cc1c2n(ncc1=O)[C@@H]([C@H](c1cccc(F)c1)c1cccc(F)c1F)[C@H]1CCCN1C2=O. The Balaban J connectivity index is 1.82. The molecule has 5 rings (SSSR count). The van der Waals surface area contributed by atoms with E-state index in [4.69, 9.17) is 0 Å². The van der Waals surface area contributed by atoms with Crippen LogP contribution in [0.3, 0.4) is 0 Å². The Morgan fingerprint density at radius 1 is 1.09 bits per heavy atom. The predicted molar refractivity (Wildman–Crippen MR) is 111 cm³/mol. The molecule has 3 heterocycles. The first kappa shape index (κ1) is 20.5. The van der Waals surface area contributed by atoms with Crippen molar-refractivity contribution >= 4 is 5.91 Å². The van der Waals surface area contributed by atoms with Gasteiger partial charge in [-0.25, -0.2) is 13.2 Å². The molecule has 0 unspecified atom stereocenters. The molecule has 0 N–H and O–H groups in total. The summed E-state index contributed by atoms with van der Waals surface area (Å²) in [6.45, 7) is 2.05. The highest BCUT2D eigenvalue weighted by molar-refractivity contribution is 5.95. The van der Waals surface area contributed by atoms with Gasteiger partial charge in [-0.3, -0.25) is 14.3 Å². The molecule has 0 bridgehead atoms. The van der Waals surface area contributed by atoms with Gasteiger partial charge in [-0.15, -0.1) is 0 Å². The zero-order valence-electron chi connectivity index (χ0n) is 17.3. The third-order valence-electron chi connectivity index (χ3n) is 6.56. The van der Waals surface area contributed by atoms with Crippen LogP contribution in [-0.2, 0) is 0 Å². The lowest BCUT2D eigenvalue weighted by Crippen LogP contribution is -2.51. The van der Waals surface area contributed by atoms with Crippen LogP contribution in [0.2, 0.25) is 0 Å². The van der Waals surface area contributed by atoms with E-state index in [-0.39, 0.29) is 34.2 Å². The molecule has 5 nitrogen and oxygen atoms in total. The Hall–Kier alpha value is -3.42. The monoisotopic (exact) mass is 439 g/mol. The summed E-state index contributed by atoms with van der Waals surface area (Å²) < 4.78 is 45.1. The van der Waals surface area contributed by atoms with Gasteiger partial charge in [-0.1, -0.05) is 24.3 Å². The van der Waals surface area contributed by atoms with Gasteiger partial charge in [-0.05, 0) is 43.5 Å². The number of hydrogen-bond donors (Lipinski definition) is 0. The molecule has 1 amide bonds. The summed E-state index contributed by atoms with van der Waals surface area (Å²) >= 11 is 0. The van der Waals surface area contributed by atoms with E-state index in [1.54, 1.807) is 17.9 Å². The van der Waals surface area contributed by atoms with Gasteiger partial charge in [-0.2, -0.15) is 5.10 Å². The van der Waals surface area contributed by atoms with Crippen LogP contribution in [0.1, 0.15) is 52.0 Å². The van der Waals surface area contributed by atoms with Crippen molar-refractivity contribution in [2.75, 3.05) is 6.54 Å². The standard InChI is InChI=1S/C24H20F3N3O2/c1-13-19(31)12-28-30-22(13)24(32)29-10-4-9-18(29)23(30)20(14-5-2-6-15(25)11-14)16-7-3-8-17(26)21(16)27/h2-3,5-8,11-12,18,20,23H,4,9-10H2,1H3/t18-,20-,23-/m1/s1. The minimum atomic E-state index is -1.03. The summed E-state index contributed by atoms with van der Waals surface area (Å²) in [5.41, 5.74) is 0.493. The molecule has 1 saturated heterocycles.